The summed E-state index contributed by atoms with van der Waals surface area (Å²) < 4.78 is 29.4. The van der Waals surface area contributed by atoms with Crippen molar-refractivity contribution in [1.82, 2.24) is 0 Å². The van der Waals surface area contributed by atoms with Gasteiger partial charge in [0.05, 0.1) is 17.3 Å². The Morgan fingerprint density at radius 2 is 1.94 bits per heavy atom. The number of ether oxygens (including phenoxy) is 1. The standard InChI is InChI=1S/C12H16O3S/c1-10-7-15-8-11(10)9-16(13,14)12-5-3-2-4-6-12/h2-6,10-11H,7-9H2,1H3/t10-,11-/m0/s1. The van der Waals surface area contributed by atoms with Crippen molar-refractivity contribution in [2.24, 2.45) is 11.8 Å². The van der Waals surface area contributed by atoms with E-state index in [0.29, 0.717) is 24.0 Å². The highest BCUT2D eigenvalue weighted by molar-refractivity contribution is 7.91. The normalized spacial score (nSPS) is 25.8. The molecule has 1 aromatic carbocycles. The topological polar surface area (TPSA) is 43.4 Å². The van der Waals surface area contributed by atoms with E-state index in [4.69, 9.17) is 4.74 Å². The molecule has 0 aliphatic carbocycles. The van der Waals surface area contributed by atoms with E-state index in [-0.39, 0.29) is 11.7 Å². The lowest BCUT2D eigenvalue weighted by Gasteiger charge is -2.13. The highest BCUT2D eigenvalue weighted by atomic mass is 32.2. The highest BCUT2D eigenvalue weighted by Crippen LogP contribution is 2.24. The Labute approximate surface area is 96.4 Å². The van der Waals surface area contributed by atoms with Crippen molar-refractivity contribution in [3.05, 3.63) is 30.3 Å². The Kier molecular flexibility index (Phi) is 3.30. The van der Waals surface area contributed by atoms with Crippen LogP contribution in [0.2, 0.25) is 0 Å². The fourth-order valence-corrected chi connectivity index (χ4v) is 3.68. The Morgan fingerprint density at radius 3 is 2.50 bits per heavy atom. The van der Waals surface area contributed by atoms with Gasteiger partial charge in [-0.15, -0.1) is 0 Å². The van der Waals surface area contributed by atoms with Gasteiger partial charge < -0.3 is 4.74 Å². The summed E-state index contributed by atoms with van der Waals surface area (Å²) in [6.45, 7) is 3.28. The fourth-order valence-electron chi connectivity index (χ4n) is 1.92. The van der Waals surface area contributed by atoms with Gasteiger partial charge in [-0.2, -0.15) is 0 Å². The molecule has 1 aromatic rings. The fraction of sp³-hybridized carbons (Fsp3) is 0.500. The van der Waals surface area contributed by atoms with E-state index in [1.165, 1.54) is 0 Å². The van der Waals surface area contributed by atoms with Crippen LogP contribution in [-0.4, -0.2) is 27.4 Å². The van der Waals surface area contributed by atoms with Gasteiger partial charge in [-0.3, -0.25) is 0 Å². The summed E-state index contributed by atoms with van der Waals surface area (Å²) >= 11 is 0. The molecule has 2 atom stereocenters. The van der Waals surface area contributed by atoms with Crippen molar-refractivity contribution in [2.75, 3.05) is 19.0 Å². The van der Waals surface area contributed by atoms with Crippen LogP contribution in [-0.2, 0) is 14.6 Å². The lowest BCUT2D eigenvalue weighted by atomic mass is 10.0. The smallest absolute Gasteiger partial charge is 0.178 e. The third-order valence-electron chi connectivity index (χ3n) is 3.05. The Bertz CT molecular complexity index is 439. The molecular formula is C12H16O3S. The highest BCUT2D eigenvalue weighted by Gasteiger charge is 2.29. The van der Waals surface area contributed by atoms with Crippen molar-refractivity contribution in [1.29, 1.82) is 0 Å². The number of sulfone groups is 1. The van der Waals surface area contributed by atoms with Crippen molar-refractivity contribution in [2.45, 2.75) is 11.8 Å². The molecule has 0 N–H and O–H groups in total. The molecule has 0 unspecified atom stereocenters. The van der Waals surface area contributed by atoms with E-state index in [1.807, 2.05) is 13.0 Å². The summed E-state index contributed by atoms with van der Waals surface area (Å²) in [4.78, 5) is 0.411. The van der Waals surface area contributed by atoms with Crippen LogP contribution < -0.4 is 0 Å². The second-order valence-electron chi connectivity index (χ2n) is 4.37. The van der Waals surface area contributed by atoms with Crippen molar-refractivity contribution < 1.29 is 13.2 Å². The van der Waals surface area contributed by atoms with Crippen LogP contribution in [0.25, 0.3) is 0 Å². The molecule has 1 saturated heterocycles. The first-order chi connectivity index (χ1) is 7.59. The van der Waals surface area contributed by atoms with Crippen molar-refractivity contribution in [3.8, 4) is 0 Å². The first-order valence-electron chi connectivity index (χ1n) is 5.45. The van der Waals surface area contributed by atoms with Crippen LogP contribution in [0.4, 0.5) is 0 Å². The van der Waals surface area contributed by atoms with Crippen molar-refractivity contribution >= 4 is 9.84 Å². The van der Waals surface area contributed by atoms with Gasteiger partial charge in [0.15, 0.2) is 9.84 Å². The Balaban J connectivity index is 2.15. The van der Waals surface area contributed by atoms with E-state index >= 15 is 0 Å². The Morgan fingerprint density at radius 1 is 1.25 bits per heavy atom. The summed E-state index contributed by atoms with van der Waals surface area (Å²) in [7, 11) is -3.16. The summed E-state index contributed by atoms with van der Waals surface area (Å²) in [5.41, 5.74) is 0. The molecule has 4 heteroatoms. The van der Waals surface area contributed by atoms with Crippen LogP contribution in [0.5, 0.6) is 0 Å². The molecule has 0 saturated carbocycles. The van der Waals surface area contributed by atoms with E-state index < -0.39 is 9.84 Å². The first-order valence-corrected chi connectivity index (χ1v) is 7.10. The molecule has 1 aliphatic heterocycles. The average Bonchev–Trinajstić information content (AvgIpc) is 2.65. The predicted octanol–water partition coefficient (Wildman–Crippen LogP) is 1.74. The van der Waals surface area contributed by atoms with Gasteiger partial charge in [0.2, 0.25) is 0 Å². The van der Waals surface area contributed by atoms with E-state index in [2.05, 4.69) is 0 Å². The quantitative estimate of drug-likeness (QED) is 0.808. The van der Waals surface area contributed by atoms with Gasteiger partial charge in [-0.05, 0) is 18.1 Å². The minimum atomic E-state index is -3.16. The molecule has 1 aliphatic rings. The molecule has 16 heavy (non-hydrogen) atoms. The zero-order valence-electron chi connectivity index (χ0n) is 9.30. The number of rotatable bonds is 3. The molecule has 0 bridgehead atoms. The van der Waals surface area contributed by atoms with Gasteiger partial charge >= 0.3 is 0 Å². The number of benzene rings is 1. The molecule has 88 valence electrons. The number of hydrogen-bond donors (Lipinski definition) is 0. The molecule has 0 spiro atoms. The third-order valence-corrected chi connectivity index (χ3v) is 4.91. The van der Waals surface area contributed by atoms with Crippen LogP contribution in [0.15, 0.2) is 35.2 Å². The first kappa shape index (κ1) is 11.6. The molecule has 0 amide bonds. The van der Waals surface area contributed by atoms with Gasteiger partial charge in [-0.1, -0.05) is 25.1 Å². The summed E-state index contributed by atoms with van der Waals surface area (Å²) in [5.74, 6) is 0.654. The third kappa shape index (κ3) is 2.44. The lowest BCUT2D eigenvalue weighted by molar-refractivity contribution is 0.183. The lowest BCUT2D eigenvalue weighted by Crippen LogP contribution is -2.21. The van der Waals surface area contributed by atoms with Crippen LogP contribution >= 0.6 is 0 Å². The van der Waals surface area contributed by atoms with E-state index in [1.54, 1.807) is 24.3 Å². The summed E-state index contributed by atoms with van der Waals surface area (Å²) in [5, 5.41) is 0. The van der Waals surface area contributed by atoms with E-state index in [9.17, 15) is 8.42 Å². The second kappa shape index (κ2) is 4.55. The van der Waals surface area contributed by atoms with Crippen LogP contribution in [0, 0.1) is 11.8 Å². The monoisotopic (exact) mass is 240 g/mol. The average molecular weight is 240 g/mol. The largest absolute Gasteiger partial charge is 0.381 e. The summed E-state index contributed by atoms with van der Waals surface area (Å²) in [6.07, 6.45) is 0. The van der Waals surface area contributed by atoms with Gasteiger partial charge in [0, 0.05) is 12.5 Å². The van der Waals surface area contributed by atoms with E-state index in [0.717, 1.165) is 0 Å². The Hall–Kier alpha value is -0.870. The van der Waals surface area contributed by atoms with Crippen LogP contribution in [0.3, 0.4) is 0 Å². The summed E-state index contributed by atoms with van der Waals surface area (Å²) in [6, 6.07) is 8.62. The second-order valence-corrected chi connectivity index (χ2v) is 6.40. The minimum Gasteiger partial charge on any atom is -0.381 e. The number of hydrogen-bond acceptors (Lipinski definition) is 3. The molecule has 0 radical (unpaired) electrons. The molecule has 0 aromatic heterocycles. The molecule has 3 nitrogen and oxygen atoms in total. The van der Waals surface area contributed by atoms with Gasteiger partial charge in [0.25, 0.3) is 0 Å². The SMILES string of the molecule is C[C@H]1COC[C@H]1CS(=O)(=O)c1ccccc1. The molecule has 2 rings (SSSR count). The van der Waals surface area contributed by atoms with Crippen molar-refractivity contribution in [3.63, 3.8) is 0 Å². The van der Waals surface area contributed by atoms with Crippen LogP contribution in [0.1, 0.15) is 6.92 Å². The van der Waals surface area contributed by atoms with Gasteiger partial charge in [-0.25, -0.2) is 8.42 Å². The maximum absolute atomic E-state index is 12.1. The predicted molar refractivity (Wildman–Crippen MR) is 62.0 cm³/mol. The van der Waals surface area contributed by atoms with Gasteiger partial charge in [0.1, 0.15) is 0 Å². The maximum Gasteiger partial charge on any atom is 0.178 e. The molecule has 1 heterocycles. The minimum absolute atomic E-state index is 0.130. The zero-order chi connectivity index (χ0) is 11.6. The maximum atomic E-state index is 12.1. The molecular weight excluding hydrogens is 224 g/mol. The molecule has 1 fully saturated rings. The zero-order valence-corrected chi connectivity index (χ0v) is 10.1.